The van der Waals surface area contributed by atoms with E-state index in [2.05, 4.69) is 22.1 Å². The van der Waals surface area contributed by atoms with Gasteiger partial charge in [-0.25, -0.2) is 9.97 Å². The third-order valence-corrected chi connectivity index (χ3v) is 4.93. The van der Waals surface area contributed by atoms with E-state index in [1.54, 1.807) is 17.7 Å². The molecule has 0 aliphatic carbocycles. The van der Waals surface area contributed by atoms with Gasteiger partial charge in [-0.05, 0) is 29.9 Å². The molecule has 110 valence electrons. The summed E-state index contributed by atoms with van der Waals surface area (Å²) in [6, 6.07) is 12.5. The molecule has 5 heteroatoms. The third-order valence-electron chi connectivity index (χ3n) is 4.11. The Morgan fingerprint density at radius 1 is 1.18 bits per heavy atom. The number of thiophene rings is 1. The summed E-state index contributed by atoms with van der Waals surface area (Å²) in [6.07, 6.45) is 3.89. The van der Waals surface area contributed by atoms with E-state index in [0.29, 0.717) is 6.42 Å². The lowest BCUT2D eigenvalue weighted by Gasteiger charge is -2.24. The van der Waals surface area contributed by atoms with Crippen molar-refractivity contribution in [3.63, 3.8) is 0 Å². The van der Waals surface area contributed by atoms with E-state index in [1.165, 1.54) is 5.56 Å². The molecule has 0 saturated carbocycles. The first-order chi connectivity index (χ1) is 10.8. The molecule has 1 amide bonds. The predicted molar refractivity (Wildman–Crippen MR) is 88.1 cm³/mol. The van der Waals surface area contributed by atoms with Gasteiger partial charge < -0.3 is 0 Å². The highest BCUT2D eigenvalue weighted by Gasteiger charge is 2.34. The Morgan fingerprint density at radius 2 is 2.05 bits per heavy atom. The average molecular weight is 309 g/mol. The second-order valence-electron chi connectivity index (χ2n) is 5.48. The van der Waals surface area contributed by atoms with Gasteiger partial charge in [-0.1, -0.05) is 30.3 Å². The summed E-state index contributed by atoms with van der Waals surface area (Å²) in [5, 5.41) is 2.97. The normalized spacial score (nSPS) is 18.3. The van der Waals surface area contributed by atoms with Crippen molar-refractivity contribution in [3.8, 4) is 0 Å². The second-order valence-corrected chi connectivity index (χ2v) is 6.38. The smallest absolute Gasteiger partial charge is 0.228 e. The van der Waals surface area contributed by atoms with E-state index in [4.69, 9.17) is 0 Å². The first-order valence-electron chi connectivity index (χ1n) is 7.37. The van der Waals surface area contributed by atoms with E-state index >= 15 is 0 Å². The maximum Gasteiger partial charge on any atom is 0.228 e. The molecule has 0 spiro atoms. The molecule has 1 fully saturated rings. The summed E-state index contributed by atoms with van der Waals surface area (Å²) in [4.78, 5) is 23.9. The molecule has 0 N–H and O–H groups in total. The molecule has 3 aromatic rings. The van der Waals surface area contributed by atoms with Crippen molar-refractivity contribution in [1.82, 2.24) is 9.97 Å². The number of carbonyl (C=O) groups excluding carboxylic acids is 1. The van der Waals surface area contributed by atoms with Crippen LogP contribution in [0.15, 0.2) is 48.1 Å². The van der Waals surface area contributed by atoms with Crippen LogP contribution in [0.25, 0.3) is 10.2 Å². The highest BCUT2D eigenvalue weighted by molar-refractivity contribution is 7.16. The minimum atomic E-state index is 0.159. The quantitative estimate of drug-likeness (QED) is 0.744. The van der Waals surface area contributed by atoms with Gasteiger partial charge in [0.1, 0.15) is 17.0 Å². The number of hydrogen-bond acceptors (Lipinski definition) is 4. The number of hydrogen-bond donors (Lipinski definition) is 0. The summed E-state index contributed by atoms with van der Waals surface area (Å²) in [5.41, 5.74) is 1.25. The Hall–Kier alpha value is -2.27. The van der Waals surface area contributed by atoms with Gasteiger partial charge >= 0.3 is 0 Å². The zero-order chi connectivity index (χ0) is 14.9. The molecule has 2 aromatic heterocycles. The van der Waals surface area contributed by atoms with Crippen LogP contribution < -0.4 is 4.90 Å². The van der Waals surface area contributed by atoms with E-state index in [1.807, 2.05) is 34.5 Å². The van der Waals surface area contributed by atoms with Crippen molar-refractivity contribution in [2.75, 3.05) is 4.90 Å². The van der Waals surface area contributed by atoms with Crippen LogP contribution in [0.3, 0.4) is 0 Å². The van der Waals surface area contributed by atoms with Gasteiger partial charge in [-0.15, -0.1) is 11.3 Å². The Kier molecular flexibility index (Phi) is 3.35. The maximum atomic E-state index is 12.4. The van der Waals surface area contributed by atoms with E-state index in [-0.39, 0.29) is 11.9 Å². The van der Waals surface area contributed by atoms with Crippen LogP contribution in [-0.2, 0) is 11.2 Å². The lowest BCUT2D eigenvalue weighted by Crippen LogP contribution is -2.35. The number of rotatable bonds is 3. The fraction of sp³-hybridized carbons (Fsp3) is 0.235. The van der Waals surface area contributed by atoms with E-state index in [9.17, 15) is 4.79 Å². The predicted octanol–water partition coefficient (Wildman–Crippen LogP) is 3.43. The van der Waals surface area contributed by atoms with E-state index in [0.717, 1.165) is 28.9 Å². The van der Waals surface area contributed by atoms with Gasteiger partial charge in [0.25, 0.3) is 0 Å². The zero-order valence-electron chi connectivity index (χ0n) is 12.0. The van der Waals surface area contributed by atoms with Crippen molar-refractivity contribution in [2.24, 2.45) is 0 Å². The number of carbonyl (C=O) groups is 1. The number of amides is 1. The summed E-state index contributed by atoms with van der Waals surface area (Å²) >= 11 is 1.58. The number of fused-ring (bicyclic) bond motifs is 1. The summed E-state index contributed by atoms with van der Waals surface area (Å²) in [7, 11) is 0. The largest absolute Gasteiger partial charge is 0.293 e. The molecule has 22 heavy (non-hydrogen) atoms. The Balaban J connectivity index is 1.71. The van der Waals surface area contributed by atoms with Gasteiger partial charge in [0, 0.05) is 12.5 Å². The standard InChI is InChI=1S/C17H15N3OS/c21-15-7-6-13(10-12-4-2-1-3-5-12)20(15)16-14-8-9-22-17(14)19-11-18-16/h1-5,8-9,11,13H,6-7,10H2/t13-/m0/s1. The van der Waals surface area contributed by atoms with Crippen LogP contribution in [0.4, 0.5) is 5.82 Å². The SMILES string of the molecule is O=C1CC[C@@H](Cc2ccccc2)N1c1ncnc2sccc12. The highest BCUT2D eigenvalue weighted by Crippen LogP contribution is 2.33. The van der Waals surface area contributed by atoms with Crippen molar-refractivity contribution in [2.45, 2.75) is 25.3 Å². The third kappa shape index (κ3) is 2.27. The molecule has 4 nitrogen and oxygen atoms in total. The number of aromatic nitrogens is 2. The monoisotopic (exact) mass is 309 g/mol. The minimum Gasteiger partial charge on any atom is -0.293 e. The number of benzene rings is 1. The van der Waals surface area contributed by atoms with Crippen molar-refractivity contribution < 1.29 is 4.79 Å². The van der Waals surface area contributed by atoms with Gasteiger partial charge in [0.05, 0.1) is 5.39 Å². The minimum absolute atomic E-state index is 0.159. The summed E-state index contributed by atoms with van der Waals surface area (Å²) in [5.74, 6) is 0.918. The van der Waals surface area contributed by atoms with Gasteiger partial charge in [0.2, 0.25) is 5.91 Å². The molecular formula is C17H15N3OS. The lowest BCUT2D eigenvalue weighted by atomic mass is 10.0. The van der Waals surface area contributed by atoms with Crippen LogP contribution >= 0.6 is 11.3 Å². The van der Waals surface area contributed by atoms with Crippen LogP contribution in [-0.4, -0.2) is 21.9 Å². The molecule has 1 aromatic carbocycles. The second kappa shape index (κ2) is 5.50. The molecule has 3 heterocycles. The first kappa shape index (κ1) is 13.4. The topological polar surface area (TPSA) is 46.1 Å². The summed E-state index contributed by atoms with van der Waals surface area (Å²) in [6.45, 7) is 0. The van der Waals surface area contributed by atoms with Crippen LogP contribution in [0.1, 0.15) is 18.4 Å². The molecule has 1 aliphatic heterocycles. The van der Waals surface area contributed by atoms with Crippen LogP contribution in [0.5, 0.6) is 0 Å². The van der Waals surface area contributed by atoms with Crippen molar-refractivity contribution in [3.05, 3.63) is 53.7 Å². The number of anilines is 1. The zero-order valence-corrected chi connectivity index (χ0v) is 12.8. The highest BCUT2D eigenvalue weighted by atomic mass is 32.1. The van der Waals surface area contributed by atoms with Gasteiger partial charge in [-0.3, -0.25) is 9.69 Å². The van der Waals surface area contributed by atoms with Gasteiger partial charge in [-0.2, -0.15) is 0 Å². The lowest BCUT2D eigenvalue weighted by molar-refractivity contribution is -0.117. The molecule has 1 aliphatic rings. The number of nitrogens with zero attached hydrogens (tertiary/aromatic N) is 3. The molecular weight excluding hydrogens is 294 g/mol. The Morgan fingerprint density at radius 3 is 2.91 bits per heavy atom. The fourth-order valence-electron chi connectivity index (χ4n) is 3.08. The van der Waals surface area contributed by atoms with Crippen LogP contribution in [0.2, 0.25) is 0 Å². The van der Waals surface area contributed by atoms with Crippen molar-refractivity contribution >= 4 is 33.3 Å². The van der Waals surface area contributed by atoms with Crippen molar-refractivity contribution in [1.29, 1.82) is 0 Å². The Labute approximate surface area is 132 Å². The van der Waals surface area contributed by atoms with E-state index < -0.39 is 0 Å². The van der Waals surface area contributed by atoms with Gasteiger partial charge in [0.15, 0.2) is 0 Å². The molecule has 1 saturated heterocycles. The first-order valence-corrected chi connectivity index (χ1v) is 8.25. The summed E-state index contributed by atoms with van der Waals surface area (Å²) < 4.78 is 0. The maximum absolute atomic E-state index is 12.4. The molecule has 0 radical (unpaired) electrons. The average Bonchev–Trinajstić information content (AvgIpc) is 3.15. The fourth-order valence-corrected chi connectivity index (χ4v) is 3.81. The molecule has 0 bridgehead atoms. The molecule has 0 unspecified atom stereocenters. The Bertz CT molecular complexity index is 815. The van der Waals surface area contributed by atoms with Crippen LogP contribution in [0, 0.1) is 0 Å². The molecule has 1 atom stereocenters. The molecule has 4 rings (SSSR count).